The molecular formula is C23H22ClN5O2S. The van der Waals surface area contributed by atoms with Crippen LogP contribution in [0.1, 0.15) is 19.8 Å². The number of nitrogens with one attached hydrogen (secondary N) is 1. The number of methoxy groups -OCH3 is 1. The highest BCUT2D eigenvalue weighted by Crippen LogP contribution is 2.39. The highest BCUT2D eigenvalue weighted by atomic mass is 35.5. The lowest BCUT2D eigenvalue weighted by Crippen LogP contribution is -2.47. The first-order valence-electron chi connectivity index (χ1n) is 10.1. The number of nitriles is 1. The van der Waals surface area contributed by atoms with Gasteiger partial charge in [0, 0.05) is 16.3 Å². The second-order valence-electron chi connectivity index (χ2n) is 7.77. The zero-order chi connectivity index (χ0) is 22.7. The first-order valence-corrected chi connectivity index (χ1v) is 11.5. The summed E-state index contributed by atoms with van der Waals surface area (Å²) in [6, 6.07) is 17.1. The Balaban J connectivity index is 1.60. The van der Waals surface area contributed by atoms with Gasteiger partial charge in [0.05, 0.1) is 18.9 Å². The van der Waals surface area contributed by atoms with E-state index in [1.165, 1.54) is 11.8 Å². The summed E-state index contributed by atoms with van der Waals surface area (Å²) in [6.45, 7) is 1.78. The summed E-state index contributed by atoms with van der Waals surface area (Å²) in [4.78, 5) is 12.6. The van der Waals surface area contributed by atoms with Crippen molar-refractivity contribution in [3.63, 3.8) is 0 Å². The number of nitrogens with zero attached hydrogens (tertiary/aromatic N) is 4. The zero-order valence-corrected chi connectivity index (χ0v) is 19.3. The molecule has 2 aromatic carbocycles. The van der Waals surface area contributed by atoms with Gasteiger partial charge in [0.25, 0.3) is 0 Å². The molecular weight excluding hydrogens is 446 g/mol. The fourth-order valence-corrected chi connectivity index (χ4v) is 4.33. The third kappa shape index (κ3) is 4.74. The van der Waals surface area contributed by atoms with Gasteiger partial charge in [0.1, 0.15) is 11.3 Å². The summed E-state index contributed by atoms with van der Waals surface area (Å²) in [5.41, 5.74) is 0.860. The quantitative estimate of drug-likeness (QED) is 0.490. The number of halogens is 1. The second kappa shape index (κ2) is 9.23. The van der Waals surface area contributed by atoms with Crippen LogP contribution in [0.2, 0.25) is 5.02 Å². The van der Waals surface area contributed by atoms with Gasteiger partial charge in [-0.25, -0.2) is 0 Å². The average Bonchev–Trinajstić information content (AvgIpc) is 3.59. The predicted octanol–water partition coefficient (Wildman–Crippen LogP) is 4.50. The topological polar surface area (TPSA) is 92.8 Å². The van der Waals surface area contributed by atoms with Crippen molar-refractivity contribution in [3.8, 4) is 28.9 Å². The van der Waals surface area contributed by atoms with E-state index in [0.29, 0.717) is 16.0 Å². The second-order valence-corrected chi connectivity index (χ2v) is 9.15. The van der Waals surface area contributed by atoms with Crippen LogP contribution in [0, 0.1) is 17.2 Å². The number of carbonyl (C=O) groups excluding carboxylic acids is 1. The smallest absolute Gasteiger partial charge is 0.231 e. The van der Waals surface area contributed by atoms with E-state index < -0.39 is 5.54 Å². The molecule has 1 heterocycles. The Morgan fingerprint density at radius 3 is 2.53 bits per heavy atom. The van der Waals surface area contributed by atoms with Crippen molar-refractivity contribution in [2.45, 2.75) is 30.5 Å². The van der Waals surface area contributed by atoms with E-state index >= 15 is 0 Å². The summed E-state index contributed by atoms with van der Waals surface area (Å²) >= 11 is 7.31. The van der Waals surface area contributed by atoms with Crippen molar-refractivity contribution >= 4 is 29.3 Å². The minimum absolute atomic E-state index is 0.124. The van der Waals surface area contributed by atoms with Crippen molar-refractivity contribution in [2.24, 2.45) is 5.92 Å². The molecule has 1 aliphatic carbocycles. The maximum absolute atomic E-state index is 12.6. The van der Waals surface area contributed by atoms with Crippen molar-refractivity contribution < 1.29 is 9.53 Å². The van der Waals surface area contributed by atoms with Crippen molar-refractivity contribution in [1.29, 1.82) is 5.26 Å². The molecule has 164 valence electrons. The maximum atomic E-state index is 12.6. The van der Waals surface area contributed by atoms with Gasteiger partial charge in [-0.05, 0) is 74.2 Å². The molecule has 1 atom stereocenters. The number of carbonyl (C=O) groups is 1. The number of amides is 1. The summed E-state index contributed by atoms with van der Waals surface area (Å²) in [6.07, 6.45) is 1.93. The van der Waals surface area contributed by atoms with E-state index in [1.807, 2.05) is 41.0 Å². The summed E-state index contributed by atoms with van der Waals surface area (Å²) in [5.74, 6) is 1.51. The first kappa shape index (κ1) is 22.2. The Hall–Kier alpha value is -3.02. The van der Waals surface area contributed by atoms with Crippen LogP contribution in [0.4, 0.5) is 0 Å². The number of aromatic nitrogens is 3. The number of thioether (sulfide) groups is 1. The Labute approximate surface area is 195 Å². The standard InChI is InChI=1S/C23H22ClN5O2S/c1-23(14-25,16-5-6-16)26-20(30)13-32-22-28-27-21(15-3-7-17(24)8-4-15)29(22)18-9-11-19(31-2)12-10-18/h3-4,7-12,16H,5-6,13H2,1-2H3,(H,26,30). The van der Waals surface area contributed by atoms with Gasteiger partial charge < -0.3 is 10.1 Å². The molecule has 32 heavy (non-hydrogen) atoms. The normalized spacial score (nSPS) is 14.9. The molecule has 1 aliphatic rings. The van der Waals surface area contributed by atoms with Gasteiger partial charge in [0.15, 0.2) is 11.0 Å². The molecule has 1 amide bonds. The highest BCUT2D eigenvalue weighted by Gasteiger charge is 2.43. The Kier molecular flexibility index (Phi) is 6.40. The van der Waals surface area contributed by atoms with Gasteiger partial charge >= 0.3 is 0 Å². The third-order valence-electron chi connectivity index (χ3n) is 5.42. The van der Waals surface area contributed by atoms with Crippen LogP contribution >= 0.6 is 23.4 Å². The van der Waals surface area contributed by atoms with Crippen molar-refractivity contribution in [2.75, 3.05) is 12.9 Å². The molecule has 3 aromatic rings. The minimum Gasteiger partial charge on any atom is -0.497 e. The molecule has 1 aromatic heterocycles. The number of rotatable bonds is 8. The lowest BCUT2D eigenvalue weighted by molar-refractivity contribution is -0.119. The molecule has 1 N–H and O–H groups in total. The number of ether oxygens (including phenoxy) is 1. The van der Waals surface area contributed by atoms with Crippen LogP contribution in [-0.4, -0.2) is 39.1 Å². The van der Waals surface area contributed by atoms with E-state index in [0.717, 1.165) is 29.8 Å². The summed E-state index contributed by atoms with van der Waals surface area (Å²) in [5, 5.41) is 22.3. The van der Waals surface area contributed by atoms with Gasteiger partial charge in [-0.15, -0.1) is 10.2 Å². The zero-order valence-electron chi connectivity index (χ0n) is 17.7. The van der Waals surface area contributed by atoms with E-state index in [-0.39, 0.29) is 17.6 Å². The third-order valence-corrected chi connectivity index (χ3v) is 6.60. The van der Waals surface area contributed by atoms with Crippen LogP contribution in [0.25, 0.3) is 17.1 Å². The average molecular weight is 468 g/mol. The monoisotopic (exact) mass is 467 g/mol. The fraction of sp³-hybridized carbons (Fsp3) is 0.304. The summed E-state index contributed by atoms with van der Waals surface area (Å²) < 4.78 is 7.16. The van der Waals surface area contributed by atoms with Crippen molar-refractivity contribution in [1.82, 2.24) is 20.1 Å². The van der Waals surface area contributed by atoms with E-state index in [9.17, 15) is 10.1 Å². The van der Waals surface area contributed by atoms with Gasteiger partial charge in [-0.3, -0.25) is 9.36 Å². The summed E-state index contributed by atoms with van der Waals surface area (Å²) in [7, 11) is 1.61. The molecule has 1 unspecified atom stereocenters. The molecule has 9 heteroatoms. The van der Waals surface area contributed by atoms with Crippen LogP contribution in [-0.2, 0) is 4.79 Å². The molecule has 0 bridgehead atoms. The highest BCUT2D eigenvalue weighted by molar-refractivity contribution is 7.99. The fourth-order valence-electron chi connectivity index (χ4n) is 3.45. The van der Waals surface area contributed by atoms with E-state index in [2.05, 4.69) is 21.6 Å². The largest absolute Gasteiger partial charge is 0.497 e. The van der Waals surface area contributed by atoms with E-state index in [1.54, 1.807) is 26.2 Å². The van der Waals surface area contributed by atoms with Gasteiger partial charge in [-0.2, -0.15) is 5.26 Å². The van der Waals surface area contributed by atoms with E-state index in [4.69, 9.17) is 16.3 Å². The molecule has 0 spiro atoms. The lowest BCUT2D eigenvalue weighted by Gasteiger charge is -2.22. The Bertz CT molecular complexity index is 1150. The number of hydrogen-bond acceptors (Lipinski definition) is 6. The number of hydrogen-bond donors (Lipinski definition) is 1. The minimum atomic E-state index is -0.824. The van der Waals surface area contributed by atoms with Gasteiger partial charge in [0.2, 0.25) is 5.91 Å². The molecule has 1 fully saturated rings. The van der Waals surface area contributed by atoms with Crippen molar-refractivity contribution in [3.05, 3.63) is 53.6 Å². The first-order chi connectivity index (χ1) is 15.4. The molecule has 7 nitrogen and oxygen atoms in total. The van der Waals surface area contributed by atoms with Crippen LogP contribution in [0.5, 0.6) is 5.75 Å². The molecule has 0 radical (unpaired) electrons. The Morgan fingerprint density at radius 2 is 1.94 bits per heavy atom. The lowest BCUT2D eigenvalue weighted by atomic mass is 9.98. The van der Waals surface area contributed by atoms with Crippen LogP contribution in [0.15, 0.2) is 53.7 Å². The van der Waals surface area contributed by atoms with Gasteiger partial charge in [-0.1, -0.05) is 23.4 Å². The SMILES string of the molecule is COc1ccc(-n2c(SCC(=O)NC(C)(C#N)C3CC3)nnc2-c2ccc(Cl)cc2)cc1. The Morgan fingerprint density at radius 1 is 1.25 bits per heavy atom. The predicted molar refractivity (Wildman–Crippen MR) is 124 cm³/mol. The van der Waals surface area contributed by atoms with Crippen LogP contribution in [0.3, 0.4) is 0 Å². The maximum Gasteiger partial charge on any atom is 0.231 e. The van der Waals surface area contributed by atoms with Crippen LogP contribution < -0.4 is 10.1 Å². The number of benzene rings is 2. The molecule has 0 saturated heterocycles. The molecule has 0 aliphatic heterocycles. The molecule has 4 rings (SSSR count). The molecule has 1 saturated carbocycles.